The zero-order chi connectivity index (χ0) is 15.4. The number of nitrogens with one attached hydrogen (secondary N) is 1. The Balaban J connectivity index is 2.24. The highest BCUT2D eigenvalue weighted by atomic mass is 35.5. The summed E-state index contributed by atoms with van der Waals surface area (Å²) in [5, 5.41) is 2.74. The highest BCUT2D eigenvalue weighted by Crippen LogP contribution is 2.24. The second-order valence-electron chi connectivity index (χ2n) is 4.63. The lowest BCUT2D eigenvalue weighted by atomic mass is 9.95. The van der Waals surface area contributed by atoms with E-state index in [4.69, 9.17) is 11.6 Å². The van der Waals surface area contributed by atoms with Crippen molar-refractivity contribution in [3.05, 3.63) is 47.0 Å². The average molecular weight is 307 g/mol. The van der Waals surface area contributed by atoms with Crippen molar-refractivity contribution in [2.24, 2.45) is 0 Å². The molecule has 1 saturated heterocycles. The van der Waals surface area contributed by atoms with Gasteiger partial charge in [-0.15, -0.1) is 0 Å². The maximum atomic E-state index is 12.4. The Labute approximate surface area is 127 Å². The summed E-state index contributed by atoms with van der Waals surface area (Å²) in [7, 11) is 0. The number of benzene rings is 1. The van der Waals surface area contributed by atoms with Gasteiger partial charge in [-0.05, 0) is 31.0 Å². The molecular formula is C15H15ClN2O3. The highest BCUT2D eigenvalue weighted by molar-refractivity contribution is 6.30. The molecule has 0 spiro atoms. The van der Waals surface area contributed by atoms with Gasteiger partial charge in [-0.3, -0.25) is 19.8 Å². The zero-order valence-electron chi connectivity index (χ0n) is 11.5. The van der Waals surface area contributed by atoms with Crippen LogP contribution >= 0.6 is 11.6 Å². The van der Waals surface area contributed by atoms with Crippen LogP contribution in [0.3, 0.4) is 0 Å². The molecule has 1 aliphatic rings. The first kappa shape index (κ1) is 15.3. The fraction of sp³-hybridized carbons (Fsp3) is 0.267. The topological polar surface area (TPSA) is 66.5 Å². The van der Waals surface area contributed by atoms with E-state index in [1.165, 1.54) is 0 Å². The summed E-state index contributed by atoms with van der Waals surface area (Å²) in [6.07, 6.45) is 4.25. The quantitative estimate of drug-likeness (QED) is 0.686. The second kappa shape index (κ2) is 6.54. The van der Waals surface area contributed by atoms with Gasteiger partial charge in [0.2, 0.25) is 11.8 Å². The van der Waals surface area contributed by atoms with Crippen molar-refractivity contribution in [1.82, 2.24) is 10.2 Å². The Morgan fingerprint density at radius 2 is 1.90 bits per heavy atom. The Morgan fingerprint density at radius 3 is 2.52 bits per heavy atom. The lowest BCUT2D eigenvalue weighted by Crippen LogP contribution is -2.56. The Morgan fingerprint density at radius 1 is 1.24 bits per heavy atom. The molecule has 0 aliphatic carbocycles. The number of urea groups is 1. The van der Waals surface area contributed by atoms with Crippen LogP contribution in [-0.2, 0) is 9.59 Å². The third kappa shape index (κ3) is 3.31. The van der Waals surface area contributed by atoms with Crippen LogP contribution in [0.25, 0.3) is 0 Å². The van der Waals surface area contributed by atoms with Crippen LogP contribution in [0.1, 0.15) is 24.8 Å². The van der Waals surface area contributed by atoms with E-state index in [1.807, 2.05) is 19.1 Å². The summed E-state index contributed by atoms with van der Waals surface area (Å²) in [5.41, 5.74) is 0.519. The molecule has 110 valence electrons. The molecule has 0 radical (unpaired) electrons. The van der Waals surface area contributed by atoms with Gasteiger partial charge in [-0.2, -0.15) is 0 Å². The molecule has 5 nitrogen and oxygen atoms in total. The van der Waals surface area contributed by atoms with E-state index in [1.54, 1.807) is 24.3 Å². The van der Waals surface area contributed by atoms with E-state index in [0.717, 1.165) is 4.90 Å². The smallest absolute Gasteiger partial charge is 0.277 e. The predicted octanol–water partition coefficient (Wildman–Crippen LogP) is 2.47. The molecule has 0 aromatic heterocycles. The molecule has 1 unspecified atom stereocenters. The Kier molecular flexibility index (Phi) is 4.75. The summed E-state index contributed by atoms with van der Waals surface area (Å²) in [6.45, 7) is 2.10. The number of carbonyl (C=O) groups excluding carboxylic acids is 3. The molecule has 2 rings (SSSR count). The van der Waals surface area contributed by atoms with Crippen molar-refractivity contribution in [2.45, 2.75) is 19.3 Å². The van der Waals surface area contributed by atoms with Crippen LogP contribution in [0.15, 0.2) is 36.4 Å². The lowest BCUT2D eigenvalue weighted by molar-refractivity contribution is -0.138. The minimum absolute atomic E-state index is 0.242. The van der Waals surface area contributed by atoms with Gasteiger partial charge in [0.05, 0.1) is 0 Å². The molecule has 0 bridgehead atoms. The van der Waals surface area contributed by atoms with Crippen molar-refractivity contribution in [3.8, 4) is 0 Å². The number of amides is 4. The molecule has 0 saturated carbocycles. The third-order valence-corrected chi connectivity index (χ3v) is 3.46. The zero-order valence-corrected chi connectivity index (χ0v) is 12.3. The highest BCUT2D eigenvalue weighted by Gasteiger charge is 2.40. The van der Waals surface area contributed by atoms with E-state index < -0.39 is 23.8 Å². The van der Waals surface area contributed by atoms with Crippen LogP contribution in [0.4, 0.5) is 4.79 Å². The first-order chi connectivity index (χ1) is 10.0. The number of hydrogen-bond acceptors (Lipinski definition) is 3. The number of nitrogens with zero attached hydrogens (tertiary/aromatic N) is 1. The summed E-state index contributed by atoms with van der Waals surface area (Å²) in [6, 6.07) is 5.78. The molecule has 1 aromatic rings. The van der Waals surface area contributed by atoms with Gasteiger partial charge in [-0.1, -0.05) is 35.9 Å². The van der Waals surface area contributed by atoms with Crippen LogP contribution in [0.5, 0.6) is 0 Å². The molecule has 1 aliphatic heterocycles. The molecule has 1 N–H and O–H groups in total. The lowest BCUT2D eigenvalue weighted by Gasteiger charge is -2.30. The first-order valence-electron chi connectivity index (χ1n) is 6.57. The molecule has 1 fully saturated rings. The number of carbonyl (C=O) groups is 3. The van der Waals surface area contributed by atoms with Crippen molar-refractivity contribution >= 4 is 29.4 Å². The Bertz CT molecular complexity index is 595. The van der Waals surface area contributed by atoms with E-state index in [-0.39, 0.29) is 6.54 Å². The minimum Gasteiger partial charge on any atom is -0.277 e. The van der Waals surface area contributed by atoms with Crippen molar-refractivity contribution in [2.75, 3.05) is 6.54 Å². The number of rotatable bonds is 4. The minimum atomic E-state index is -1.01. The number of barbiturate groups is 1. The molecule has 4 amide bonds. The molecule has 21 heavy (non-hydrogen) atoms. The third-order valence-electron chi connectivity index (χ3n) is 3.21. The summed E-state index contributed by atoms with van der Waals surface area (Å²) < 4.78 is 0. The molecular weight excluding hydrogens is 292 g/mol. The van der Waals surface area contributed by atoms with E-state index in [2.05, 4.69) is 5.32 Å². The number of allylic oxidation sites excluding steroid dienone is 1. The average Bonchev–Trinajstić information content (AvgIpc) is 2.44. The summed E-state index contributed by atoms with van der Waals surface area (Å²) >= 11 is 5.80. The molecule has 1 aromatic carbocycles. The van der Waals surface area contributed by atoms with Crippen molar-refractivity contribution in [1.29, 1.82) is 0 Å². The maximum Gasteiger partial charge on any atom is 0.330 e. The fourth-order valence-electron chi connectivity index (χ4n) is 2.14. The van der Waals surface area contributed by atoms with Gasteiger partial charge in [0.15, 0.2) is 0 Å². The van der Waals surface area contributed by atoms with Gasteiger partial charge >= 0.3 is 6.03 Å². The molecule has 1 atom stereocenters. The second-order valence-corrected chi connectivity index (χ2v) is 5.06. The standard InChI is InChI=1S/C15H15ClN2O3/c1-2-3-4-9-18-14(20)12(13(19)17-15(18)21)10-5-7-11(16)8-6-10/h2-3,5-8,12H,4,9H2,1H3,(H,17,19,21)/b3-2+. The van der Waals surface area contributed by atoms with Crippen LogP contribution in [-0.4, -0.2) is 29.3 Å². The van der Waals surface area contributed by atoms with Crippen molar-refractivity contribution < 1.29 is 14.4 Å². The van der Waals surface area contributed by atoms with E-state index in [9.17, 15) is 14.4 Å². The largest absolute Gasteiger partial charge is 0.330 e. The first-order valence-corrected chi connectivity index (χ1v) is 6.95. The van der Waals surface area contributed by atoms with E-state index >= 15 is 0 Å². The summed E-state index contributed by atoms with van der Waals surface area (Å²) in [4.78, 5) is 37.2. The monoisotopic (exact) mass is 306 g/mol. The Hall–Kier alpha value is -2.14. The number of imide groups is 2. The van der Waals surface area contributed by atoms with Gasteiger partial charge in [0.25, 0.3) is 0 Å². The maximum absolute atomic E-state index is 12.4. The van der Waals surface area contributed by atoms with Crippen LogP contribution < -0.4 is 5.32 Å². The molecule has 6 heteroatoms. The predicted molar refractivity (Wildman–Crippen MR) is 78.9 cm³/mol. The number of halogens is 1. The van der Waals surface area contributed by atoms with Gasteiger partial charge in [0, 0.05) is 11.6 Å². The fourth-order valence-corrected chi connectivity index (χ4v) is 2.27. The van der Waals surface area contributed by atoms with Gasteiger partial charge in [-0.25, -0.2) is 4.79 Å². The van der Waals surface area contributed by atoms with Crippen molar-refractivity contribution in [3.63, 3.8) is 0 Å². The summed E-state index contributed by atoms with van der Waals surface area (Å²) in [5.74, 6) is -2.12. The number of hydrogen-bond donors (Lipinski definition) is 1. The van der Waals surface area contributed by atoms with Gasteiger partial charge < -0.3 is 0 Å². The SMILES string of the molecule is C/C=C/CCN1C(=O)NC(=O)C(c2ccc(Cl)cc2)C1=O. The molecule has 1 heterocycles. The van der Waals surface area contributed by atoms with Gasteiger partial charge in [0.1, 0.15) is 5.92 Å². The normalized spacial score (nSPS) is 19.2. The van der Waals surface area contributed by atoms with Crippen LogP contribution in [0, 0.1) is 0 Å². The van der Waals surface area contributed by atoms with E-state index in [0.29, 0.717) is 17.0 Å². The van der Waals surface area contributed by atoms with Crippen LogP contribution in [0.2, 0.25) is 5.02 Å².